The minimum absolute atomic E-state index is 0.750. The summed E-state index contributed by atoms with van der Waals surface area (Å²) in [5, 5.41) is 0. The summed E-state index contributed by atoms with van der Waals surface area (Å²) < 4.78 is 1.19. The molecule has 0 heterocycles. The first-order valence-electron chi connectivity index (χ1n) is 9.77. The van der Waals surface area contributed by atoms with Crippen molar-refractivity contribution < 1.29 is 0 Å². The normalized spacial score (nSPS) is 31.4. The Hall–Kier alpha value is -0.270. The lowest BCUT2D eigenvalue weighted by atomic mass is 9.74. The molecule has 2 saturated carbocycles. The molecule has 1 aromatic carbocycles. The van der Waals surface area contributed by atoms with Crippen molar-refractivity contribution in [2.75, 3.05) is 0 Å². The van der Waals surface area contributed by atoms with Gasteiger partial charge in [0.15, 0.2) is 0 Å². The lowest BCUT2D eigenvalue weighted by molar-refractivity contribution is 0.246. The molecule has 0 spiro atoms. The Bertz CT molecular complexity index is 505. The number of halogens is 2. The van der Waals surface area contributed by atoms with E-state index in [1.165, 1.54) is 68.7 Å². The van der Waals surface area contributed by atoms with Crippen LogP contribution in [0.4, 0.5) is 0 Å². The smallest absolute Gasteiger partial charge is 0.0175 e. The van der Waals surface area contributed by atoms with Crippen LogP contribution in [0.2, 0.25) is 0 Å². The first-order chi connectivity index (χ1) is 11.7. The van der Waals surface area contributed by atoms with E-state index >= 15 is 0 Å². The number of allylic oxidation sites excluding steroid dienone is 1. The molecule has 2 aliphatic carbocycles. The quantitative estimate of drug-likeness (QED) is 0.461. The average molecular weight is 410 g/mol. The third kappa shape index (κ3) is 5.36. The molecule has 0 bridgehead atoms. The van der Waals surface area contributed by atoms with Gasteiger partial charge in [-0.2, -0.15) is 0 Å². The highest BCUT2D eigenvalue weighted by molar-refractivity contribution is 9.10. The largest absolute Gasteiger partial charge is 0.0933 e. The molecule has 3 rings (SSSR count). The molecular weight excluding hydrogens is 380 g/mol. The standard InChI is InChI=1S/C22H30BrCl/c23-22-13-11-21(12-14-22)20-9-7-18(8-10-20)2-1-17-3-5-19(6-4-17)15-16-24/h11-20H,1-10H2/b16-15+/t17-,18?,19-,20?. The Morgan fingerprint density at radius 3 is 1.92 bits per heavy atom. The van der Waals surface area contributed by atoms with Crippen molar-refractivity contribution in [2.45, 2.75) is 70.1 Å². The lowest BCUT2D eigenvalue weighted by Gasteiger charge is -2.31. The van der Waals surface area contributed by atoms with Crippen LogP contribution in [0.5, 0.6) is 0 Å². The molecule has 132 valence electrons. The van der Waals surface area contributed by atoms with Gasteiger partial charge >= 0.3 is 0 Å². The van der Waals surface area contributed by atoms with Crippen molar-refractivity contribution >= 4 is 27.5 Å². The Morgan fingerprint density at radius 2 is 1.38 bits per heavy atom. The number of hydrogen-bond acceptors (Lipinski definition) is 0. The van der Waals surface area contributed by atoms with Gasteiger partial charge in [0, 0.05) is 10.0 Å². The molecular formula is C22H30BrCl. The predicted octanol–water partition coefficient (Wildman–Crippen LogP) is 8.06. The molecule has 0 unspecified atom stereocenters. The van der Waals surface area contributed by atoms with Crippen LogP contribution in [0.25, 0.3) is 0 Å². The second-order valence-corrected chi connectivity index (χ2v) is 9.11. The maximum Gasteiger partial charge on any atom is 0.0175 e. The SMILES string of the molecule is Cl/C=C/[C@H]1CC[C@H](CCC2CCC(c3ccc(Br)cc3)CC2)CC1. The molecule has 0 nitrogen and oxygen atoms in total. The summed E-state index contributed by atoms with van der Waals surface area (Å²) in [7, 11) is 0. The van der Waals surface area contributed by atoms with Gasteiger partial charge in [-0.05, 0) is 92.7 Å². The van der Waals surface area contributed by atoms with Crippen LogP contribution >= 0.6 is 27.5 Å². The van der Waals surface area contributed by atoms with E-state index in [9.17, 15) is 0 Å². The third-order valence-electron chi connectivity index (χ3n) is 6.41. The fraction of sp³-hybridized carbons (Fsp3) is 0.636. The molecule has 2 fully saturated rings. The van der Waals surface area contributed by atoms with Gasteiger partial charge in [-0.3, -0.25) is 0 Å². The number of hydrogen-bond donors (Lipinski definition) is 0. The van der Waals surface area contributed by atoms with Gasteiger partial charge in [0.1, 0.15) is 0 Å². The van der Waals surface area contributed by atoms with Gasteiger partial charge in [-0.15, -0.1) is 0 Å². The van der Waals surface area contributed by atoms with E-state index in [1.807, 2.05) is 0 Å². The van der Waals surface area contributed by atoms with Gasteiger partial charge in [0.25, 0.3) is 0 Å². The third-order valence-corrected chi connectivity index (χ3v) is 7.08. The van der Waals surface area contributed by atoms with Crippen LogP contribution < -0.4 is 0 Å². The predicted molar refractivity (Wildman–Crippen MR) is 109 cm³/mol. The van der Waals surface area contributed by atoms with Crippen molar-refractivity contribution in [3.8, 4) is 0 Å². The van der Waals surface area contributed by atoms with E-state index in [1.54, 1.807) is 11.1 Å². The highest BCUT2D eigenvalue weighted by Crippen LogP contribution is 2.40. The van der Waals surface area contributed by atoms with Crippen LogP contribution in [-0.4, -0.2) is 0 Å². The Kier molecular flexibility index (Phi) is 7.28. The summed E-state index contributed by atoms with van der Waals surface area (Å²) in [6.07, 6.45) is 16.3. The van der Waals surface area contributed by atoms with Gasteiger partial charge in [0.2, 0.25) is 0 Å². The Balaban J connectivity index is 1.36. The van der Waals surface area contributed by atoms with Gasteiger partial charge in [-0.25, -0.2) is 0 Å². The Morgan fingerprint density at radius 1 is 0.833 bits per heavy atom. The van der Waals surface area contributed by atoms with E-state index < -0.39 is 0 Å². The van der Waals surface area contributed by atoms with Crippen molar-refractivity contribution in [3.05, 3.63) is 45.9 Å². The molecule has 0 atom stereocenters. The maximum absolute atomic E-state index is 5.71. The van der Waals surface area contributed by atoms with Gasteiger partial charge in [-0.1, -0.05) is 58.6 Å². The topological polar surface area (TPSA) is 0 Å². The van der Waals surface area contributed by atoms with Crippen LogP contribution in [-0.2, 0) is 0 Å². The van der Waals surface area contributed by atoms with E-state index in [0.29, 0.717) is 0 Å². The second kappa shape index (κ2) is 9.43. The van der Waals surface area contributed by atoms with Crippen LogP contribution in [0, 0.1) is 17.8 Å². The van der Waals surface area contributed by atoms with Crippen molar-refractivity contribution in [2.24, 2.45) is 17.8 Å². The molecule has 0 amide bonds. The molecule has 2 heteroatoms. The summed E-state index contributed by atoms with van der Waals surface area (Å²) >= 11 is 9.25. The molecule has 0 saturated heterocycles. The molecule has 0 aromatic heterocycles. The highest BCUT2D eigenvalue weighted by Gasteiger charge is 2.24. The zero-order valence-electron chi connectivity index (χ0n) is 14.6. The van der Waals surface area contributed by atoms with Gasteiger partial charge in [0.05, 0.1) is 0 Å². The molecule has 0 N–H and O–H groups in total. The fourth-order valence-corrected chi connectivity index (χ4v) is 5.23. The lowest BCUT2D eigenvalue weighted by Crippen LogP contribution is -2.17. The minimum atomic E-state index is 0.750. The summed E-state index contributed by atoms with van der Waals surface area (Å²) in [5.74, 6) is 3.51. The summed E-state index contributed by atoms with van der Waals surface area (Å²) in [6, 6.07) is 9.00. The van der Waals surface area contributed by atoms with Crippen molar-refractivity contribution in [1.82, 2.24) is 0 Å². The molecule has 2 aliphatic rings. The average Bonchev–Trinajstić information content (AvgIpc) is 2.63. The van der Waals surface area contributed by atoms with Gasteiger partial charge < -0.3 is 0 Å². The van der Waals surface area contributed by atoms with Crippen LogP contribution in [0.3, 0.4) is 0 Å². The zero-order chi connectivity index (χ0) is 16.8. The number of benzene rings is 1. The summed E-state index contributed by atoms with van der Waals surface area (Å²) in [6.45, 7) is 0. The highest BCUT2D eigenvalue weighted by atomic mass is 79.9. The van der Waals surface area contributed by atoms with E-state index in [2.05, 4.69) is 46.3 Å². The summed E-state index contributed by atoms with van der Waals surface area (Å²) in [5.41, 5.74) is 3.26. The van der Waals surface area contributed by atoms with Crippen molar-refractivity contribution in [1.29, 1.82) is 0 Å². The van der Waals surface area contributed by atoms with Crippen molar-refractivity contribution in [3.63, 3.8) is 0 Å². The van der Waals surface area contributed by atoms with E-state index in [4.69, 9.17) is 11.6 Å². The molecule has 0 aliphatic heterocycles. The van der Waals surface area contributed by atoms with E-state index in [-0.39, 0.29) is 0 Å². The first-order valence-corrected chi connectivity index (χ1v) is 11.0. The summed E-state index contributed by atoms with van der Waals surface area (Å²) in [4.78, 5) is 0. The molecule has 0 radical (unpaired) electrons. The Labute approximate surface area is 161 Å². The first kappa shape index (κ1) is 18.5. The molecule has 1 aromatic rings. The monoisotopic (exact) mass is 408 g/mol. The van der Waals surface area contributed by atoms with Crippen LogP contribution in [0.1, 0.15) is 75.7 Å². The minimum Gasteiger partial charge on any atom is -0.0933 e. The van der Waals surface area contributed by atoms with Crippen LogP contribution in [0.15, 0.2) is 40.3 Å². The second-order valence-electron chi connectivity index (χ2n) is 7.95. The maximum atomic E-state index is 5.71. The van der Waals surface area contributed by atoms with E-state index in [0.717, 1.165) is 23.7 Å². The fourth-order valence-electron chi connectivity index (χ4n) is 4.76. The number of rotatable bonds is 5. The zero-order valence-corrected chi connectivity index (χ0v) is 16.9. The molecule has 24 heavy (non-hydrogen) atoms.